The van der Waals surface area contributed by atoms with Crippen molar-refractivity contribution in [3.05, 3.63) is 30.1 Å². The van der Waals surface area contributed by atoms with Gasteiger partial charge in [0.15, 0.2) is 0 Å². The Hall–Kier alpha value is -1.38. The van der Waals surface area contributed by atoms with Crippen LogP contribution in [0.2, 0.25) is 0 Å². The number of pyridine rings is 1. The minimum atomic E-state index is -0.0941. The minimum absolute atomic E-state index is 0.0941. The van der Waals surface area contributed by atoms with Gasteiger partial charge in [-0.15, -0.1) is 0 Å². The summed E-state index contributed by atoms with van der Waals surface area (Å²) in [6, 6.07) is 3.77. The maximum absolute atomic E-state index is 11.6. The summed E-state index contributed by atoms with van der Waals surface area (Å²) in [5.41, 5.74) is 0.943. The Morgan fingerprint density at radius 2 is 1.64 bits per heavy atom. The van der Waals surface area contributed by atoms with Crippen LogP contribution in [0.25, 0.3) is 0 Å². The third-order valence-corrected chi connectivity index (χ3v) is 3.86. The van der Waals surface area contributed by atoms with E-state index in [2.05, 4.69) is 11.9 Å². The van der Waals surface area contributed by atoms with Gasteiger partial charge >= 0.3 is 5.97 Å². The fraction of sp³-hybridized carbons (Fsp3) is 0.684. The van der Waals surface area contributed by atoms with Crippen LogP contribution in [0, 0.1) is 0 Å². The van der Waals surface area contributed by atoms with Crippen molar-refractivity contribution < 1.29 is 9.53 Å². The number of ether oxygens (including phenoxy) is 1. The second-order valence-corrected chi connectivity index (χ2v) is 5.95. The van der Waals surface area contributed by atoms with Gasteiger partial charge in [-0.3, -0.25) is 9.78 Å². The average Bonchev–Trinajstić information content (AvgIpc) is 2.55. The Morgan fingerprint density at radius 3 is 2.23 bits per heavy atom. The van der Waals surface area contributed by atoms with E-state index in [1.807, 2.05) is 12.1 Å². The van der Waals surface area contributed by atoms with Crippen molar-refractivity contribution in [3.63, 3.8) is 0 Å². The molecule has 22 heavy (non-hydrogen) atoms. The Labute approximate surface area is 135 Å². The van der Waals surface area contributed by atoms with Gasteiger partial charge in [-0.25, -0.2) is 0 Å². The first-order chi connectivity index (χ1) is 10.8. The number of carbonyl (C=O) groups excluding carboxylic acids is 1. The summed E-state index contributed by atoms with van der Waals surface area (Å²) in [4.78, 5) is 15.6. The standard InChI is InChI=1S/C19H31NO2/c1-2-3-4-5-6-7-8-9-10-11-14-19(21)22-17-18-13-12-15-20-16-18/h12-13,15-16H,2-11,14,17H2,1H3. The molecule has 0 unspecified atom stereocenters. The third-order valence-electron chi connectivity index (χ3n) is 3.86. The number of rotatable bonds is 13. The summed E-state index contributed by atoms with van der Waals surface area (Å²) >= 11 is 0. The monoisotopic (exact) mass is 305 g/mol. The quantitative estimate of drug-likeness (QED) is 0.360. The van der Waals surface area contributed by atoms with Gasteiger partial charge in [0.05, 0.1) is 0 Å². The first kappa shape index (κ1) is 18.7. The topological polar surface area (TPSA) is 39.2 Å². The van der Waals surface area contributed by atoms with Crippen molar-refractivity contribution in [1.29, 1.82) is 0 Å². The zero-order chi connectivity index (χ0) is 15.9. The van der Waals surface area contributed by atoms with Gasteiger partial charge in [-0.05, 0) is 12.5 Å². The first-order valence-electron chi connectivity index (χ1n) is 8.87. The second kappa shape index (κ2) is 13.3. The normalized spacial score (nSPS) is 10.6. The van der Waals surface area contributed by atoms with E-state index in [-0.39, 0.29) is 5.97 Å². The van der Waals surface area contributed by atoms with E-state index in [0.717, 1.165) is 18.4 Å². The molecule has 124 valence electrons. The number of unbranched alkanes of at least 4 members (excludes halogenated alkanes) is 9. The molecule has 0 N–H and O–H groups in total. The Kier molecular flexibility index (Phi) is 11.3. The number of carbonyl (C=O) groups is 1. The van der Waals surface area contributed by atoms with Crippen molar-refractivity contribution in [3.8, 4) is 0 Å². The molecule has 0 bridgehead atoms. The van der Waals surface area contributed by atoms with E-state index < -0.39 is 0 Å². The summed E-state index contributed by atoms with van der Waals surface area (Å²) in [5.74, 6) is -0.0941. The largest absolute Gasteiger partial charge is 0.461 e. The second-order valence-electron chi connectivity index (χ2n) is 5.95. The molecule has 0 spiro atoms. The molecule has 0 aromatic carbocycles. The van der Waals surface area contributed by atoms with Crippen LogP contribution >= 0.6 is 0 Å². The SMILES string of the molecule is CCCCCCCCCCCCC(=O)OCc1cccnc1. The van der Waals surface area contributed by atoms with Crippen LogP contribution in [-0.2, 0) is 16.1 Å². The third kappa shape index (κ3) is 10.4. The number of hydrogen-bond donors (Lipinski definition) is 0. The van der Waals surface area contributed by atoms with Crippen LogP contribution < -0.4 is 0 Å². The number of hydrogen-bond acceptors (Lipinski definition) is 3. The minimum Gasteiger partial charge on any atom is -0.461 e. The summed E-state index contributed by atoms with van der Waals surface area (Å²) in [5, 5.41) is 0. The van der Waals surface area contributed by atoms with Crippen LogP contribution in [0.5, 0.6) is 0 Å². The van der Waals surface area contributed by atoms with Gasteiger partial charge in [0, 0.05) is 24.4 Å². The Bertz CT molecular complexity index is 378. The Balaban J connectivity index is 1.87. The number of aromatic nitrogens is 1. The maximum Gasteiger partial charge on any atom is 0.306 e. The molecule has 0 saturated heterocycles. The number of esters is 1. The highest BCUT2D eigenvalue weighted by Crippen LogP contribution is 2.11. The van der Waals surface area contributed by atoms with Crippen molar-refractivity contribution in [2.75, 3.05) is 0 Å². The van der Waals surface area contributed by atoms with Crippen LogP contribution in [0.4, 0.5) is 0 Å². The van der Waals surface area contributed by atoms with E-state index >= 15 is 0 Å². The lowest BCUT2D eigenvalue weighted by atomic mass is 10.1. The fourth-order valence-electron chi connectivity index (χ4n) is 2.48. The lowest BCUT2D eigenvalue weighted by Crippen LogP contribution is -2.04. The van der Waals surface area contributed by atoms with Crippen LogP contribution in [-0.4, -0.2) is 11.0 Å². The lowest BCUT2D eigenvalue weighted by Gasteiger charge is -2.05. The predicted octanol–water partition coefficient (Wildman–Crippen LogP) is 5.44. The molecule has 3 nitrogen and oxygen atoms in total. The zero-order valence-corrected chi connectivity index (χ0v) is 14.1. The molecule has 1 aromatic rings. The molecule has 0 saturated carbocycles. The summed E-state index contributed by atoms with van der Waals surface area (Å²) in [6.07, 6.45) is 16.8. The van der Waals surface area contributed by atoms with E-state index in [4.69, 9.17) is 4.74 Å². The molecule has 0 amide bonds. The van der Waals surface area contributed by atoms with Gasteiger partial charge in [0.2, 0.25) is 0 Å². The molecule has 0 aliphatic carbocycles. The summed E-state index contributed by atoms with van der Waals surface area (Å²) in [7, 11) is 0. The molecular formula is C19H31NO2. The van der Waals surface area contributed by atoms with E-state index in [1.54, 1.807) is 12.4 Å². The van der Waals surface area contributed by atoms with Crippen molar-refractivity contribution >= 4 is 5.97 Å². The van der Waals surface area contributed by atoms with Crippen molar-refractivity contribution in [2.45, 2.75) is 84.2 Å². The van der Waals surface area contributed by atoms with Gasteiger partial charge in [0.1, 0.15) is 6.61 Å². The lowest BCUT2D eigenvalue weighted by molar-refractivity contribution is -0.145. The molecule has 0 fully saturated rings. The molecular weight excluding hydrogens is 274 g/mol. The molecule has 0 radical (unpaired) electrons. The van der Waals surface area contributed by atoms with E-state index in [9.17, 15) is 4.79 Å². The van der Waals surface area contributed by atoms with Gasteiger partial charge in [0.25, 0.3) is 0 Å². The van der Waals surface area contributed by atoms with Crippen molar-refractivity contribution in [1.82, 2.24) is 4.98 Å². The fourth-order valence-corrected chi connectivity index (χ4v) is 2.48. The summed E-state index contributed by atoms with van der Waals surface area (Å²) in [6.45, 7) is 2.59. The molecule has 1 rings (SSSR count). The molecule has 0 aliphatic rings. The average molecular weight is 305 g/mol. The van der Waals surface area contributed by atoms with Gasteiger partial charge in [-0.1, -0.05) is 70.8 Å². The molecule has 0 aliphatic heterocycles. The first-order valence-corrected chi connectivity index (χ1v) is 8.87. The highest BCUT2D eigenvalue weighted by Gasteiger charge is 2.03. The number of nitrogens with zero attached hydrogens (tertiary/aromatic N) is 1. The Morgan fingerprint density at radius 1 is 1.00 bits per heavy atom. The molecule has 1 aromatic heterocycles. The highest BCUT2D eigenvalue weighted by molar-refractivity contribution is 5.69. The van der Waals surface area contributed by atoms with Crippen molar-refractivity contribution in [2.24, 2.45) is 0 Å². The van der Waals surface area contributed by atoms with Gasteiger partial charge in [-0.2, -0.15) is 0 Å². The predicted molar refractivity (Wildman–Crippen MR) is 90.5 cm³/mol. The molecule has 0 atom stereocenters. The maximum atomic E-state index is 11.6. The van der Waals surface area contributed by atoms with Crippen LogP contribution in [0.3, 0.4) is 0 Å². The van der Waals surface area contributed by atoms with Crippen LogP contribution in [0.15, 0.2) is 24.5 Å². The smallest absolute Gasteiger partial charge is 0.306 e. The molecule has 3 heteroatoms. The molecule has 1 heterocycles. The highest BCUT2D eigenvalue weighted by atomic mass is 16.5. The van der Waals surface area contributed by atoms with E-state index in [1.165, 1.54) is 51.4 Å². The van der Waals surface area contributed by atoms with Crippen LogP contribution in [0.1, 0.15) is 83.1 Å². The van der Waals surface area contributed by atoms with E-state index in [0.29, 0.717) is 13.0 Å². The zero-order valence-electron chi connectivity index (χ0n) is 14.1. The summed E-state index contributed by atoms with van der Waals surface area (Å²) < 4.78 is 5.23. The van der Waals surface area contributed by atoms with Gasteiger partial charge < -0.3 is 4.74 Å².